The molecule has 5 aromatic rings. The first-order valence-corrected chi connectivity index (χ1v) is 9.37. The Hall–Kier alpha value is -4.28. The molecule has 1 aromatic carbocycles. The number of hydrogen-bond acceptors (Lipinski definition) is 2. The summed E-state index contributed by atoms with van der Waals surface area (Å²) in [7, 11) is 0. The van der Waals surface area contributed by atoms with Gasteiger partial charge in [-0.05, 0) is 42.0 Å². The molecule has 4 nitrogen and oxygen atoms in total. The Labute approximate surface area is 168 Å². The minimum atomic E-state index is -0.134. The van der Waals surface area contributed by atoms with Gasteiger partial charge in [0.05, 0.1) is 28.1 Å². The van der Waals surface area contributed by atoms with Crippen LogP contribution in [0.3, 0.4) is 0 Å². The van der Waals surface area contributed by atoms with E-state index in [1.165, 1.54) is 0 Å². The molecule has 29 heavy (non-hydrogen) atoms. The van der Waals surface area contributed by atoms with E-state index in [0.29, 0.717) is 11.1 Å². The molecule has 0 atom stereocenters. The fraction of sp³-hybridized carbons (Fsp3) is 0.0400. The topological polar surface area (TPSA) is 56.4 Å². The summed E-state index contributed by atoms with van der Waals surface area (Å²) >= 11 is 0. The van der Waals surface area contributed by atoms with Gasteiger partial charge < -0.3 is 8.80 Å². The van der Waals surface area contributed by atoms with Crippen LogP contribution in [0.2, 0.25) is 0 Å². The summed E-state index contributed by atoms with van der Waals surface area (Å²) in [5, 5.41) is 19.3. The van der Waals surface area contributed by atoms with Crippen LogP contribution in [0.25, 0.3) is 11.0 Å². The number of pyridine rings is 2. The van der Waals surface area contributed by atoms with Gasteiger partial charge in [0.15, 0.2) is 0 Å². The molecule has 0 fully saturated rings. The summed E-state index contributed by atoms with van der Waals surface area (Å²) < 4.78 is 4.15. The van der Waals surface area contributed by atoms with Crippen molar-refractivity contribution in [3.63, 3.8) is 0 Å². The van der Waals surface area contributed by atoms with Gasteiger partial charge in [-0.15, -0.1) is 0 Å². The SMILES string of the molecule is N#Cc1cc(C(c2ccccc2)c2cc(C#N)c3ccccn23)n2ccccc12. The zero-order valence-electron chi connectivity index (χ0n) is 15.5. The van der Waals surface area contributed by atoms with E-state index < -0.39 is 0 Å². The van der Waals surface area contributed by atoms with Gasteiger partial charge in [0, 0.05) is 23.8 Å². The van der Waals surface area contributed by atoms with E-state index in [2.05, 4.69) is 33.1 Å². The smallest absolute Gasteiger partial charge is 0.101 e. The van der Waals surface area contributed by atoms with Gasteiger partial charge in [-0.1, -0.05) is 42.5 Å². The molecule has 0 unspecified atom stereocenters. The average molecular weight is 372 g/mol. The maximum Gasteiger partial charge on any atom is 0.101 e. The van der Waals surface area contributed by atoms with Crippen LogP contribution in [0.5, 0.6) is 0 Å². The normalized spacial score (nSPS) is 11.0. The molecule has 0 N–H and O–H groups in total. The van der Waals surface area contributed by atoms with Crippen molar-refractivity contribution in [2.24, 2.45) is 0 Å². The third-order valence-electron chi connectivity index (χ3n) is 5.38. The van der Waals surface area contributed by atoms with Gasteiger partial charge in [-0.3, -0.25) is 0 Å². The van der Waals surface area contributed by atoms with E-state index in [9.17, 15) is 10.5 Å². The van der Waals surface area contributed by atoms with E-state index in [4.69, 9.17) is 0 Å². The lowest BCUT2D eigenvalue weighted by Crippen LogP contribution is -2.09. The van der Waals surface area contributed by atoms with Gasteiger partial charge in [0.25, 0.3) is 0 Å². The Morgan fingerprint density at radius 3 is 1.59 bits per heavy atom. The zero-order valence-corrected chi connectivity index (χ0v) is 15.5. The first-order valence-electron chi connectivity index (χ1n) is 9.37. The molecule has 136 valence electrons. The molecule has 0 aliphatic rings. The van der Waals surface area contributed by atoms with Crippen LogP contribution < -0.4 is 0 Å². The summed E-state index contributed by atoms with van der Waals surface area (Å²) in [6.45, 7) is 0. The van der Waals surface area contributed by atoms with Crippen molar-refractivity contribution in [2.45, 2.75) is 5.92 Å². The van der Waals surface area contributed by atoms with Crippen LogP contribution in [0.1, 0.15) is 34.0 Å². The molecule has 0 spiro atoms. The lowest BCUT2D eigenvalue weighted by Gasteiger charge is -2.18. The van der Waals surface area contributed by atoms with Gasteiger partial charge in [0.1, 0.15) is 12.1 Å². The van der Waals surface area contributed by atoms with Crippen molar-refractivity contribution >= 4 is 11.0 Å². The fourth-order valence-corrected chi connectivity index (χ4v) is 4.12. The number of fused-ring (bicyclic) bond motifs is 2. The summed E-state index contributed by atoms with van der Waals surface area (Å²) in [5.41, 5.74) is 6.14. The number of nitriles is 2. The van der Waals surface area contributed by atoms with Crippen molar-refractivity contribution in [1.29, 1.82) is 10.5 Å². The van der Waals surface area contributed by atoms with Gasteiger partial charge in [-0.25, -0.2) is 0 Å². The second kappa shape index (κ2) is 6.71. The molecule has 5 rings (SSSR count). The van der Waals surface area contributed by atoms with Crippen molar-refractivity contribution in [1.82, 2.24) is 8.80 Å². The summed E-state index contributed by atoms with van der Waals surface area (Å²) in [5.74, 6) is -0.134. The first-order chi connectivity index (χ1) is 14.3. The molecule has 0 bridgehead atoms. The second-order valence-electron chi connectivity index (χ2n) is 6.94. The minimum Gasteiger partial charge on any atom is -0.319 e. The highest BCUT2D eigenvalue weighted by Gasteiger charge is 2.25. The standard InChI is InChI=1S/C25H16N4/c26-16-19-14-23(28-12-6-4-10-21(19)28)25(18-8-2-1-3-9-18)24-15-20(17-27)22-11-5-7-13-29(22)24/h1-15,25H. The summed E-state index contributed by atoms with van der Waals surface area (Å²) in [6.07, 6.45) is 3.98. The molecular weight excluding hydrogens is 356 g/mol. The van der Waals surface area contributed by atoms with Crippen LogP contribution >= 0.6 is 0 Å². The highest BCUT2D eigenvalue weighted by atomic mass is 14.9. The lowest BCUT2D eigenvalue weighted by atomic mass is 9.92. The minimum absolute atomic E-state index is 0.134. The van der Waals surface area contributed by atoms with Crippen LogP contribution in [0, 0.1) is 22.7 Å². The Balaban J connectivity index is 1.87. The maximum absolute atomic E-state index is 9.67. The largest absolute Gasteiger partial charge is 0.319 e. The van der Waals surface area contributed by atoms with E-state index in [1.54, 1.807) is 0 Å². The van der Waals surface area contributed by atoms with E-state index in [1.807, 2.05) is 79.1 Å². The molecule has 0 saturated heterocycles. The molecule has 0 saturated carbocycles. The molecule has 4 heteroatoms. The zero-order chi connectivity index (χ0) is 19.8. The first kappa shape index (κ1) is 16.9. The van der Waals surface area contributed by atoms with E-state index in [-0.39, 0.29) is 5.92 Å². The van der Waals surface area contributed by atoms with Crippen molar-refractivity contribution in [3.05, 3.63) is 119 Å². The van der Waals surface area contributed by atoms with Crippen LogP contribution in [0.4, 0.5) is 0 Å². The quantitative estimate of drug-likeness (QED) is 0.442. The maximum atomic E-state index is 9.67. The monoisotopic (exact) mass is 372 g/mol. The van der Waals surface area contributed by atoms with Crippen molar-refractivity contribution < 1.29 is 0 Å². The van der Waals surface area contributed by atoms with Crippen LogP contribution in [0.15, 0.2) is 91.3 Å². The fourth-order valence-electron chi connectivity index (χ4n) is 4.12. The molecule has 0 amide bonds. The van der Waals surface area contributed by atoms with Gasteiger partial charge in [0.2, 0.25) is 0 Å². The third-order valence-corrected chi connectivity index (χ3v) is 5.38. The van der Waals surface area contributed by atoms with Crippen molar-refractivity contribution in [2.75, 3.05) is 0 Å². The molecule has 0 aliphatic heterocycles. The molecule has 4 aromatic heterocycles. The van der Waals surface area contributed by atoms with Gasteiger partial charge >= 0.3 is 0 Å². The predicted octanol–water partition coefficient (Wildman–Crippen LogP) is 5.12. The lowest BCUT2D eigenvalue weighted by molar-refractivity contribution is 0.846. The molecule has 0 radical (unpaired) electrons. The number of aromatic nitrogens is 2. The van der Waals surface area contributed by atoms with Gasteiger partial charge in [-0.2, -0.15) is 10.5 Å². The summed E-state index contributed by atoms with van der Waals surface area (Å²) in [4.78, 5) is 0. The van der Waals surface area contributed by atoms with E-state index >= 15 is 0 Å². The molecular formula is C25H16N4. The third kappa shape index (κ3) is 2.59. The van der Waals surface area contributed by atoms with Crippen molar-refractivity contribution in [3.8, 4) is 12.1 Å². The Morgan fingerprint density at radius 2 is 1.10 bits per heavy atom. The Kier molecular flexibility index (Phi) is 3.90. The Bertz CT molecular complexity index is 1330. The highest BCUT2D eigenvalue weighted by Crippen LogP contribution is 2.36. The number of rotatable bonds is 3. The second-order valence-corrected chi connectivity index (χ2v) is 6.94. The van der Waals surface area contributed by atoms with Crippen LogP contribution in [-0.4, -0.2) is 8.80 Å². The number of nitrogens with zero attached hydrogens (tertiary/aromatic N) is 4. The Morgan fingerprint density at radius 1 is 0.621 bits per heavy atom. The molecule has 0 aliphatic carbocycles. The summed E-state index contributed by atoms with van der Waals surface area (Å²) in [6, 6.07) is 30.5. The highest BCUT2D eigenvalue weighted by molar-refractivity contribution is 5.67. The molecule has 4 heterocycles. The number of benzene rings is 1. The average Bonchev–Trinajstić information content (AvgIpc) is 3.34. The van der Waals surface area contributed by atoms with Crippen LogP contribution in [-0.2, 0) is 0 Å². The van der Waals surface area contributed by atoms with E-state index in [0.717, 1.165) is 28.0 Å². The predicted molar refractivity (Wildman–Crippen MR) is 112 cm³/mol. The number of hydrogen-bond donors (Lipinski definition) is 0.